The molecule has 0 spiro atoms. The average molecular weight is 259 g/mol. The number of carbonyl (C=O) groups excluding carboxylic acids is 1. The van der Waals surface area contributed by atoms with E-state index >= 15 is 0 Å². The largest absolute Gasteiger partial charge is 0.465 e. The molecule has 0 aliphatic heterocycles. The van der Waals surface area contributed by atoms with Crippen LogP contribution in [0.25, 0.3) is 0 Å². The zero-order valence-corrected chi connectivity index (χ0v) is 12.0. The molecule has 2 unspecified atom stereocenters. The van der Waals surface area contributed by atoms with Crippen LogP contribution in [0.15, 0.2) is 0 Å². The second-order valence-electron chi connectivity index (χ2n) is 5.06. The Kier molecular flexibility index (Phi) is 5.80. The maximum Gasteiger partial charge on any atom is 0.327 e. The molecule has 0 saturated heterocycles. The molecule has 0 bridgehead atoms. The third kappa shape index (κ3) is 4.18. The maximum atomic E-state index is 11.9. The van der Waals surface area contributed by atoms with E-state index < -0.39 is 5.54 Å². The minimum Gasteiger partial charge on any atom is -0.465 e. The van der Waals surface area contributed by atoms with Gasteiger partial charge in [-0.3, -0.25) is 4.79 Å². The van der Waals surface area contributed by atoms with E-state index in [1.54, 1.807) is 11.8 Å². The average Bonchev–Trinajstić information content (AvgIpc) is 3.12. The number of carbonyl (C=O) groups is 1. The van der Waals surface area contributed by atoms with Crippen LogP contribution in [-0.4, -0.2) is 29.6 Å². The van der Waals surface area contributed by atoms with Crippen LogP contribution in [0.5, 0.6) is 0 Å². The maximum absolute atomic E-state index is 11.9. The summed E-state index contributed by atoms with van der Waals surface area (Å²) in [6, 6.07) is 0. The Morgan fingerprint density at radius 3 is 2.65 bits per heavy atom. The molecule has 100 valence electrons. The fraction of sp³-hybridized carbons (Fsp3) is 0.923. The predicted octanol–water partition coefficient (Wildman–Crippen LogP) is 2.44. The summed E-state index contributed by atoms with van der Waals surface area (Å²) in [6.45, 7) is 6.66. The van der Waals surface area contributed by atoms with Crippen LogP contribution < -0.4 is 5.73 Å². The summed E-state index contributed by atoms with van der Waals surface area (Å²) < 4.78 is 5.11. The van der Waals surface area contributed by atoms with E-state index in [0.717, 1.165) is 18.6 Å². The Labute approximate surface area is 109 Å². The normalized spacial score (nSPS) is 20.7. The standard InChI is InChI=1S/C13H25NO2S/c1-4-10(3)8-17-9-13(14,11-6-7-11)12(15)16-5-2/h10-11H,4-9,14H2,1-3H3. The molecule has 1 saturated carbocycles. The minimum absolute atomic E-state index is 0.209. The van der Waals surface area contributed by atoms with E-state index in [9.17, 15) is 4.79 Å². The molecule has 1 fully saturated rings. The number of hydrogen-bond donors (Lipinski definition) is 1. The number of esters is 1. The van der Waals surface area contributed by atoms with E-state index in [2.05, 4.69) is 13.8 Å². The van der Waals surface area contributed by atoms with E-state index in [4.69, 9.17) is 10.5 Å². The van der Waals surface area contributed by atoms with Gasteiger partial charge in [-0.25, -0.2) is 0 Å². The number of hydrogen-bond acceptors (Lipinski definition) is 4. The van der Waals surface area contributed by atoms with Gasteiger partial charge in [0.05, 0.1) is 6.61 Å². The van der Waals surface area contributed by atoms with E-state index in [0.29, 0.717) is 24.2 Å². The second kappa shape index (κ2) is 6.64. The van der Waals surface area contributed by atoms with Crippen LogP contribution in [0.4, 0.5) is 0 Å². The van der Waals surface area contributed by atoms with Crippen molar-refractivity contribution in [3.63, 3.8) is 0 Å². The number of ether oxygens (including phenoxy) is 1. The van der Waals surface area contributed by atoms with Gasteiger partial charge in [0.2, 0.25) is 0 Å². The predicted molar refractivity (Wildman–Crippen MR) is 73.1 cm³/mol. The van der Waals surface area contributed by atoms with E-state index in [1.165, 1.54) is 6.42 Å². The zero-order chi connectivity index (χ0) is 12.9. The highest BCUT2D eigenvalue weighted by Gasteiger charge is 2.48. The lowest BCUT2D eigenvalue weighted by Gasteiger charge is -2.27. The molecule has 17 heavy (non-hydrogen) atoms. The van der Waals surface area contributed by atoms with Crippen molar-refractivity contribution in [1.82, 2.24) is 0 Å². The molecule has 0 aromatic heterocycles. The number of nitrogens with two attached hydrogens (primary N) is 1. The summed E-state index contributed by atoms with van der Waals surface area (Å²) in [5.41, 5.74) is 5.52. The minimum atomic E-state index is -0.742. The first-order valence-corrected chi connectivity index (χ1v) is 7.73. The van der Waals surface area contributed by atoms with Crippen LogP contribution in [0.3, 0.4) is 0 Å². The van der Waals surface area contributed by atoms with Crippen molar-refractivity contribution < 1.29 is 9.53 Å². The first kappa shape index (κ1) is 14.8. The van der Waals surface area contributed by atoms with Crippen LogP contribution in [0.1, 0.15) is 40.0 Å². The first-order chi connectivity index (χ1) is 8.04. The Balaban J connectivity index is 2.44. The quantitative estimate of drug-likeness (QED) is 0.680. The Hall–Kier alpha value is -0.220. The van der Waals surface area contributed by atoms with Gasteiger partial charge >= 0.3 is 5.97 Å². The lowest BCUT2D eigenvalue weighted by atomic mass is 9.97. The summed E-state index contributed by atoms with van der Waals surface area (Å²) in [7, 11) is 0. The molecule has 1 rings (SSSR count). The Morgan fingerprint density at radius 1 is 1.53 bits per heavy atom. The van der Waals surface area contributed by atoms with Crippen molar-refractivity contribution in [1.29, 1.82) is 0 Å². The van der Waals surface area contributed by atoms with Gasteiger partial charge in [0, 0.05) is 5.75 Å². The summed E-state index contributed by atoms with van der Waals surface area (Å²) in [5.74, 6) is 2.58. The smallest absolute Gasteiger partial charge is 0.327 e. The number of thioether (sulfide) groups is 1. The summed E-state index contributed by atoms with van der Waals surface area (Å²) in [6.07, 6.45) is 3.31. The van der Waals surface area contributed by atoms with E-state index in [-0.39, 0.29) is 5.97 Å². The molecule has 0 radical (unpaired) electrons. The summed E-state index contributed by atoms with van der Waals surface area (Å²) >= 11 is 1.79. The van der Waals surface area contributed by atoms with Gasteiger partial charge in [0.1, 0.15) is 5.54 Å². The molecule has 2 N–H and O–H groups in total. The summed E-state index contributed by atoms with van der Waals surface area (Å²) in [5, 5.41) is 0. The van der Waals surface area contributed by atoms with Gasteiger partial charge in [-0.2, -0.15) is 11.8 Å². The van der Waals surface area contributed by atoms with Gasteiger partial charge in [-0.05, 0) is 37.4 Å². The van der Waals surface area contributed by atoms with Crippen LogP contribution in [-0.2, 0) is 9.53 Å². The lowest BCUT2D eigenvalue weighted by Crippen LogP contribution is -2.53. The van der Waals surface area contributed by atoms with Gasteiger partial charge in [0.15, 0.2) is 0 Å². The molecule has 0 aromatic rings. The third-order valence-corrected chi connectivity index (χ3v) is 4.89. The fourth-order valence-electron chi connectivity index (χ4n) is 1.75. The molecular formula is C13H25NO2S. The van der Waals surface area contributed by atoms with Gasteiger partial charge < -0.3 is 10.5 Å². The molecular weight excluding hydrogens is 234 g/mol. The van der Waals surface area contributed by atoms with Crippen LogP contribution in [0.2, 0.25) is 0 Å². The lowest BCUT2D eigenvalue weighted by molar-refractivity contribution is -0.149. The van der Waals surface area contributed by atoms with Crippen molar-refractivity contribution in [2.75, 3.05) is 18.1 Å². The van der Waals surface area contributed by atoms with Crippen LogP contribution >= 0.6 is 11.8 Å². The van der Waals surface area contributed by atoms with Gasteiger partial charge in [0.25, 0.3) is 0 Å². The third-order valence-electron chi connectivity index (χ3n) is 3.40. The molecule has 3 nitrogen and oxygen atoms in total. The van der Waals surface area contributed by atoms with Gasteiger partial charge in [-0.1, -0.05) is 20.3 Å². The molecule has 0 amide bonds. The van der Waals surface area contributed by atoms with Crippen molar-refractivity contribution in [3.05, 3.63) is 0 Å². The first-order valence-electron chi connectivity index (χ1n) is 6.58. The number of rotatable bonds is 8. The van der Waals surface area contributed by atoms with Crippen molar-refractivity contribution in [2.24, 2.45) is 17.6 Å². The van der Waals surface area contributed by atoms with E-state index in [1.807, 2.05) is 6.92 Å². The van der Waals surface area contributed by atoms with Crippen LogP contribution in [0, 0.1) is 11.8 Å². The Bertz CT molecular complexity index is 256. The topological polar surface area (TPSA) is 52.3 Å². The van der Waals surface area contributed by atoms with Crippen molar-refractivity contribution in [2.45, 2.75) is 45.6 Å². The highest BCUT2D eigenvalue weighted by Crippen LogP contribution is 2.40. The SMILES string of the molecule is CCOC(=O)C(N)(CSCC(C)CC)C1CC1. The zero-order valence-electron chi connectivity index (χ0n) is 11.2. The highest BCUT2D eigenvalue weighted by atomic mass is 32.2. The molecule has 0 heterocycles. The van der Waals surface area contributed by atoms with Gasteiger partial charge in [-0.15, -0.1) is 0 Å². The van der Waals surface area contributed by atoms with Crippen molar-refractivity contribution >= 4 is 17.7 Å². The molecule has 0 aromatic carbocycles. The summed E-state index contributed by atoms with van der Waals surface area (Å²) in [4.78, 5) is 11.9. The second-order valence-corrected chi connectivity index (χ2v) is 6.09. The highest BCUT2D eigenvalue weighted by molar-refractivity contribution is 7.99. The fourth-order valence-corrected chi connectivity index (χ4v) is 3.20. The molecule has 1 aliphatic carbocycles. The monoisotopic (exact) mass is 259 g/mol. The molecule has 2 atom stereocenters. The Morgan fingerprint density at radius 2 is 2.18 bits per heavy atom. The molecule has 4 heteroatoms. The molecule has 1 aliphatic rings. The van der Waals surface area contributed by atoms with Crippen molar-refractivity contribution in [3.8, 4) is 0 Å².